The van der Waals surface area contributed by atoms with E-state index in [0.717, 1.165) is 24.0 Å². The summed E-state index contributed by atoms with van der Waals surface area (Å²) < 4.78 is 0. The van der Waals surface area contributed by atoms with Gasteiger partial charge in [-0.15, -0.1) is 0 Å². The Morgan fingerprint density at radius 2 is 1.19 bits per heavy atom. The van der Waals surface area contributed by atoms with E-state index < -0.39 is 5.60 Å². The summed E-state index contributed by atoms with van der Waals surface area (Å²) in [5, 5.41) is 12.0. The molecule has 1 N–H and O–H groups in total. The zero-order valence-electron chi connectivity index (χ0n) is 15.1. The minimum atomic E-state index is -1.03. The lowest BCUT2D eigenvalue weighted by Crippen LogP contribution is -2.47. The maximum absolute atomic E-state index is 12.0. The molecular formula is C24H25NO. The van der Waals surface area contributed by atoms with Gasteiger partial charge in [0, 0.05) is 12.1 Å². The zero-order chi connectivity index (χ0) is 18.0. The molecule has 1 saturated heterocycles. The summed E-state index contributed by atoms with van der Waals surface area (Å²) in [4.78, 5) is 2.36. The molecule has 0 aliphatic carbocycles. The highest BCUT2D eigenvalue weighted by atomic mass is 16.3. The molecule has 1 aliphatic rings. The highest BCUT2D eigenvalue weighted by molar-refractivity contribution is 5.39. The third-order valence-corrected chi connectivity index (χ3v) is 5.79. The Bertz CT molecular complexity index is 792. The number of rotatable bonds is 4. The molecule has 3 aromatic rings. The van der Waals surface area contributed by atoms with Crippen LogP contribution in [0.5, 0.6) is 0 Å². The van der Waals surface area contributed by atoms with Crippen LogP contribution in [0.1, 0.15) is 35.6 Å². The summed E-state index contributed by atoms with van der Waals surface area (Å²) in [6, 6.07) is 31.2. The van der Waals surface area contributed by atoms with Crippen LogP contribution >= 0.6 is 0 Å². The van der Waals surface area contributed by atoms with Gasteiger partial charge in [-0.25, -0.2) is 0 Å². The number of likely N-dealkylation sites (N-methyl/N-ethyl adjacent to an activating group) is 1. The van der Waals surface area contributed by atoms with Crippen molar-refractivity contribution in [1.82, 2.24) is 4.90 Å². The van der Waals surface area contributed by atoms with Crippen LogP contribution in [-0.4, -0.2) is 23.1 Å². The van der Waals surface area contributed by atoms with Crippen molar-refractivity contribution in [2.24, 2.45) is 0 Å². The Kier molecular flexibility index (Phi) is 4.62. The monoisotopic (exact) mass is 343 g/mol. The van der Waals surface area contributed by atoms with Crippen LogP contribution in [0, 0.1) is 0 Å². The maximum atomic E-state index is 12.0. The molecule has 1 heterocycles. The molecule has 0 radical (unpaired) electrons. The SMILES string of the molecule is CN1[C@H](C(O)(c2ccccc2)c2ccccc2)CC[C@H]1c1ccccc1. The number of likely N-dealkylation sites (tertiary alicyclic amines) is 1. The molecule has 26 heavy (non-hydrogen) atoms. The van der Waals surface area contributed by atoms with Gasteiger partial charge in [-0.3, -0.25) is 4.90 Å². The lowest BCUT2D eigenvalue weighted by Gasteiger charge is -2.40. The van der Waals surface area contributed by atoms with E-state index in [0.29, 0.717) is 6.04 Å². The first kappa shape index (κ1) is 17.0. The van der Waals surface area contributed by atoms with Crippen molar-refractivity contribution < 1.29 is 5.11 Å². The van der Waals surface area contributed by atoms with E-state index in [4.69, 9.17) is 0 Å². The largest absolute Gasteiger partial charge is 0.379 e. The zero-order valence-corrected chi connectivity index (χ0v) is 15.1. The second-order valence-corrected chi connectivity index (χ2v) is 7.18. The number of nitrogens with zero attached hydrogens (tertiary/aromatic N) is 1. The number of hydrogen-bond acceptors (Lipinski definition) is 2. The molecule has 3 aromatic carbocycles. The quantitative estimate of drug-likeness (QED) is 0.738. The number of hydrogen-bond donors (Lipinski definition) is 1. The first-order valence-electron chi connectivity index (χ1n) is 9.31. The van der Waals surface area contributed by atoms with Gasteiger partial charge in [-0.1, -0.05) is 91.0 Å². The molecule has 0 amide bonds. The minimum absolute atomic E-state index is 0.0255. The first-order valence-corrected chi connectivity index (χ1v) is 9.31. The predicted molar refractivity (Wildman–Crippen MR) is 106 cm³/mol. The summed E-state index contributed by atoms with van der Waals surface area (Å²) in [7, 11) is 2.15. The fourth-order valence-corrected chi connectivity index (χ4v) is 4.46. The third-order valence-electron chi connectivity index (χ3n) is 5.79. The van der Waals surface area contributed by atoms with Gasteiger partial charge in [0.05, 0.1) is 0 Å². The Morgan fingerprint density at radius 3 is 1.69 bits per heavy atom. The van der Waals surface area contributed by atoms with E-state index in [1.54, 1.807) is 0 Å². The molecule has 0 bridgehead atoms. The van der Waals surface area contributed by atoms with E-state index in [1.807, 2.05) is 60.7 Å². The van der Waals surface area contributed by atoms with Crippen LogP contribution in [0.15, 0.2) is 91.0 Å². The highest BCUT2D eigenvalue weighted by Gasteiger charge is 2.47. The second-order valence-electron chi connectivity index (χ2n) is 7.18. The number of benzene rings is 3. The van der Waals surface area contributed by atoms with Crippen molar-refractivity contribution >= 4 is 0 Å². The van der Waals surface area contributed by atoms with E-state index in [1.165, 1.54) is 5.56 Å². The Hall–Kier alpha value is -2.42. The van der Waals surface area contributed by atoms with E-state index >= 15 is 0 Å². The van der Waals surface area contributed by atoms with Crippen molar-refractivity contribution in [3.05, 3.63) is 108 Å². The first-order chi connectivity index (χ1) is 12.7. The van der Waals surface area contributed by atoms with Crippen molar-refractivity contribution in [2.75, 3.05) is 7.05 Å². The van der Waals surface area contributed by atoms with Gasteiger partial charge >= 0.3 is 0 Å². The van der Waals surface area contributed by atoms with Crippen molar-refractivity contribution in [2.45, 2.75) is 30.5 Å². The molecule has 2 heteroatoms. The summed E-state index contributed by atoms with van der Waals surface area (Å²) in [6.07, 6.45) is 2.00. The van der Waals surface area contributed by atoms with Gasteiger partial charge in [-0.2, -0.15) is 0 Å². The molecule has 2 nitrogen and oxygen atoms in total. The van der Waals surface area contributed by atoms with Crippen LogP contribution < -0.4 is 0 Å². The fourth-order valence-electron chi connectivity index (χ4n) is 4.46. The van der Waals surface area contributed by atoms with Crippen LogP contribution in [-0.2, 0) is 5.60 Å². The van der Waals surface area contributed by atoms with Crippen LogP contribution in [0.3, 0.4) is 0 Å². The normalized spacial score (nSPS) is 21.0. The fraction of sp³-hybridized carbons (Fsp3) is 0.250. The second kappa shape index (κ2) is 7.06. The lowest BCUT2D eigenvalue weighted by molar-refractivity contribution is -0.00404. The summed E-state index contributed by atoms with van der Waals surface area (Å²) in [5.41, 5.74) is 2.20. The summed E-state index contributed by atoms with van der Waals surface area (Å²) in [6.45, 7) is 0. The molecule has 0 unspecified atom stereocenters. The maximum Gasteiger partial charge on any atom is 0.130 e. The van der Waals surface area contributed by atoms with Crippen molar-refractivity contribution in [3.8, 4) is 0 Å². The average molecular weight is 343 g/mol. The summed E-state index contributed by atoms with van der Waals surface area (Å²) in [5.74, 6) is 0. The smallest absolute Gasteiger partial charge is 0.130 e. The standard InChI is InChI=1S/C24H25NO/c1-25-22(19-11-5-2-6-12-19)17-18-23(25)24(26,20-13-7-3-8-14-20)21-15-9-4-10-16-21/h2-16,22-23,26H,17-18H2,1H3/t22-,23-/m0/s1. The van der Waals surface area contributed by atoms with Gasteiger partial charge in [0.2, 0.25) is 0 Å². The Morgan fingerprint density at radius 1 is 0.731 bits per heavy atom. The Labute approximate surface area is 155 Å². The van der Waals surface area contributed by atoms with Gasteiger partial charge < -0.3 is 5.11 Å². The molecule has 0 spiro atoms. The molecule has 2 atom stereocenters. The van der Waals surface area contributed by atoms with E-state index in [2.05, 4.69) is 42.3 Å². The Balaban J connectivity index is 1.76. The minimum Gasteiger partial charge on any atom is -0.379 e. The molecular weight excluding hydrogens is 318 g/mol. The van der Waals surface area contributed by atoms with Gasteiger partial charge in [0.1, 0.15) is 5.60 Å². The van der Waals surface area contributed by atoms with Crippen LogP contribution in [0.25, 0.3) is 0 Å². The van der Waals surface area contributed by atoms with Gasteiger partial charge in [-0.05, 0) is 36.6 Å². The van der Waals surface area contributed by atoms with Crippen LogP contribution in [0.2, 0.25) is 0 Å². The third kappa shape index (κ3) is 2.86. The topological polar surface area (TPSA) is 23.5 Å². The van der Waals surface area contributed by atoms with Crippen LogP contribution in [0.4, 0.5) is 0 Å². The average Bonchev–Trinajstić information content (AvgIpc) is 3.11. The lowest BCUT2D eigenvalue weighted by atomic mass is 9.79. The van der Waals surface area contributed by atoms with E-state index in [9.17, 15) is 5.11 Å². The van der Waals surface area contributed by atoms with E-state index in [-0.39, 0.29) is 6.04 Å². The molecule has 132 valence electrons. The molecule has 0 aromatic heterocycles. The number of aliphatic hydroxyl groups is 1. The van der Waals surface area contributed by atoms with Gasteiger partial charge in [0.15, 0.2) is 0 Å². The van der Waals surface area contributed by atoms with Crippen molar-refractivity contribution in [3.63, 3.8) is 0 Å². The van der Waals surface area contributed by atoms with Gasteiger partial charge in [0.25, 0.3) is 0 Å². The predicted octanol–water partition coefficient (Wildman–Crippen LogP) is 4.76. The molecule has 1 aliphatic heterocycles. The highest BCUT2D eigenvalue weighted by Crippen LogP contribution is 2.45. The summed E-state index contributed by atoms with van der Waals surface area (Å²) >= 11 is 0. The molecule has 4 rings (SSSR count). The molecule has 0 saturated carbocycles. The molecule has 1 fully saturated rings. The van der Waals surface area contributed by atoms with Crippen molar-refractivity contribution in [1.29, 1.82) is 0 Å².